The van der Waals surface area contributed by atoms with Crippen molar-refractivity contribution >= 4 is 28.4 Å². The van der Waals surface area contributed by atoms with Gasteiger partial charge < -0.3 is 14.2 Å². The predicted molar refractivity (Wildman–Crippen MR) is 95.4 cm³/mol. The highest BCUT2D eigenvalue weighted by Crippen LogP contribution is 2.58. The van der Waals surface area contributed by atoms with E-state index in [0.717, 1.165) is 41.6 Å². The number of fused-ring (bicyclic) bond motifs is 2. The largest absolute Gasteiger partial charge is 0.473 e. The topological polar surface area (TPSA) is 57.9 Å². The van der Waals surface area contributed by atoms with Crippen LogP contribution in [0.2, 0.25) is 0 Å². The minimum absolute atomic E-state index is 0.0344. The van der Waals surface area contributed by atoms with E-state index in [1.165, 1.54) is 6.42 Å². The molecule has 6 rings (SSSR count). The maximum Gasteiger partial charge on any atom is 0.237 e. The standard InChI is InChI=1S/C17H20IN3O3/c1-22-10-17-7-16(8-17,9-23-17)13-6-21-5-12(18)14(20-15(21)19-13)24-11-3-2-4-11/h5-6,11H,2-4,7-10H2,1H3. The molecule has 0 radical (unpaired) electrons. The normalized spacial score (nSPS) is 31.9. The van der Waals surface area contributed by atoms with Gasteiger partial charge in [0.1, 0.15) is 6.10 Å². The molecule has 0 spiro atoms. The van der Waals surface area contributed by atoms with Crippen LogP contribution in [0.25, 0.3) is 5.78 Å². The number of aromatic nitrogens is 3. The monoisotopic (exact) mass is 441 g/mol. The molecule has 2 saturated heterocycles. The fraction of sp³-hybridized carbons (Fsp3) is 0.647. The van der Waals surface area contributed by atoms with E-state index < -0.39 is 0 Å². The van der Waals surface area contributed by atoms with E-state index in [2.05, 4.69) is 40.0 Å². The fourth-order valence-electron chi connectivity index (χ4n) is 4.21. The van der Waals surface area contributed by atoms with Gasteiger partial charge in [-0.15, -0.1) is 0 Å². The smallest absolute Gasteiger partial charge is 0.237 e. The Bertz CT molecular complexity index is 796. The van der Waals surface area contributed by atoms with Gasteiger partial charge in [-0.3, -0.25) is 4.40 Å². The Morgan fingerprint density at radius 1 is 1.33 bits per heavy atom. The van der Waals surface area contributed by atoms with Crippen LogP contribution in [0.15, 0.2) is 12.4 Å². The van der Waals surface area contributed by atoms with Crippen molar-refractivity contribution in [2.75, 3.05) is 20.3 Å². The van der Waals surface area contributed by atoms with E-state index in [1.807, 2.05) is 4.40 Å². The number of hydrogen-bond donors (Lipinski definition) is 0. The molecule has 2 bridgehead atoms. The average Bonchev–Trinajstić information content (AvgIpc) is 3.13. The molecule has 7 heteroatoms. The Morgan fingerprint density at radius 3 is 2.88 bits per heavy atom. The number of ether oxygens (including phenoxy) is 3. The third-order valence-corrected chi connectivity index (χ3v) is 6.37. The average molecular weight is 441 g/mol. The van der Waals surface area contributed by atoms with Crippen LogP contribution < -0.4 is 4.74 Å². The van der Waals surface area contributed by atoms with Crippen molar-refractivity contribution in [3.63, 3.8) is 0 Å². The zero-order chi connectivity index (χ0) is 16.4. The summed E-state index contributed by atoms with van der Waals surface area (Å²) in [5, 5.41) is 0. The molecule has 2 aromatic heterocycles. The molecule has 2 aliphatic heterocycles. The molecule has 128 valence electrons. The van der Waals surface area contributed by atoms with Crippen molar-refractivity contribution in [3.05, 3.63) is 21.7 Å². The van der Waals surface area contributed by atoms with Gasteiger partial charge in [-0.1, -0.05) is 0 Å². The molecule has 0 aromatic carbocycles. The number of rotatable bonds is 5. The highest BCUT2D eigenvalue weighted by Gasteiger charge is 2.64. The second-order valence-corrected chi connectivity index (χ2v) is 8.60. The number of hydrogen-bond acceptors (Lipinski definition) is 5. The van der Waals surface area contributed by atoms with Crippen molar-refractivity contribution in [1.29, 1.82) is 0 Å². The van der Waals surface area contributed by atoms with Crippen molar-refractivity contribution in [2.24, 2.45) is 0 Å². The highest BCUT2D eigenvalue weighted by molar-refractivity contribution is 14.1. The molecule has 4 aliphatic rings. The summed E-state index contributed by atoms with van der Waals surface area (Å²) in [5.74, 6) is 1.43. The third-order valence-electron chi connectivity index (χ3n) is 5.63. The van der Waals surface area contributed by atoms with Crippen molar-refractivity contribution in [1.82, 2.24) is 14.4 Å². The number of methoxy groups -OCH3 is 1. The molecule has 2 aromatic rings. The van der Waals surface area contributed by atoms with E-state index in [4.69, 9.17) is 19.2 Å². The van der Waals surface area contributed by atoms with Crippen LogP contribution >= 0.6 is 22.6 Å². The zero-order valence-electron chi connectivity index (χ0n) is 13.6. The first-order valence-corrected chi connectivity index (χ1v) is 9.55. The van der Waals surface area contributed by atoms with Gasteiger partial charge in [0.2, 0.25) is 11.7 Å². The zero-order valence-corrected chi connectivity index (χ0v) is 15.8. The van der Waals surface area contributed by atoms with Crippen LogP contribution in [-0.4, -0.2) is 46.4 Å². The van der Waals surface area contributed by atoms with Gasteiger partial charge in [0.25, 0.3) is 0 Å². The molecule has 2 aliphatic carbocycles. The molecule has 0 atom stereocenters. The van der Waals surface area contributed by atoms with Crippen LogP contribution in [0.3, 0.4) is 0 Å². The summed E-state index contributed by atoms with van der Waals surface area (Å²) < 4.78 is 20.3. The molecule has 0 amide bonds. The van der Waals surface area contributed by atoms with E-state index in [1.54, 1.807) is 7.11 Å². The van der Waals surface area contributed by atoms with E-state index in [0.29, 0.717) is 24.4 Å². The van der Waals surface area contributed by atoms with E-state index in [-0.39, 0.29) is 11.0 Å². The molecule has 24 heavy (non-hydrogen) atoms. The lowest BCUT2D eigenvalue weighted by Gasteiger charge is -2.43. The summed E-state index contributed by atoms with van der Waals surface area (Å²) in [6, 6.07) is 0. The predicted octanol–water partition coefficient (Wildman–Crippen LogP) is 2.71. The van der Waals surface area contributed by atoms with Crippen LogP contribution in [0, 0.1) is 3.57 Å². The fourth-order valence-corrected chi connectivity index (χ4v) is 4.75. The van der Waals surface area contributed by atoms with Gasteiger partial charge in [0.15, 0.2) is 0 Å². The Labute approximate surface area is 154 Å². The summed E-state index contributed by atoms with van der Waals surface area (Å²) in [4.78, 5) is 9.44. The number of imidazole rings is 1. The molecule has 4 heterocycles. The van der Waals surface area contributed by atoms with Crippen LogP contribution in [0.5, 0.6) is 5.88 Å². The minimum Gasteiger partial charge on any atom is -0.473 e. The quantitative estimate of drug-likeness (QED) is 0.669. The SMILES string of the molecule is COCC12CC(c3cn4cc(I)c(OC5CCC5)nc4n3)(CO1)C2. The van der Waals surface area contributed by atoms with Crippen LogP contribution in [0.4, 0.5) is 0 Å². The van der Waals surface area contributed by atoms with Gasteiger partial charge in [0, 0.05) is 24.9 Å². The Balaban J connectivity index is 1.44. The molecule has 6 nitrogen and oxygen atoms in total. The summed E-state index contributed by atoms with van der Waals surface area (Å²) in [6.45, 7) is 1.39. The summed E-state index contributed by atoms with van der Waals surface area (Å²) in [6.07, 6.45) is 9.97. The molecule has 0 N–H and O–H groups in total. The van der Waals surface area contributed by atoms with Crippen molar-refractivity contribution in [2.45, 2.75) is 49.2 Å². The van der Waals surface area contributed by atoms with Gasteiger partial charge in [-0.25, -0.2) is 4.98 Å². The molecule has 0 unspecified atom stereocenters. The van der Waals surface area contributed by atoms with Gasteiger partial charge in [0.05, 0.1) is 28.1 Å². The third kappa shape index (κ3) is 2.20. The Kier molecular flexibility index (Phi) is 3.37. The summed E-state index contributed by atoms with van der Waals surface area (Å²) >= 11 is 2.29. The van der Waals surface area contributed by atoms with E-state index in [9.17, 15) is 0 Å². The Morgan fingerprint density at radius 2 is 2.17 bits per heavy atom. The van der Waals surface area contributed by atoms with Gasteiger partial charge >= 0.3 is 0 Å². The highest BCUT2D eigenvalue weighted by atomic mass is 127. The van der Waals surface area contributed by atoms with Gasteiger partial charge in [-0.2, -0.15) is 4.98 Å². The number of halogens is 1. The lowest BCUT2D eigenvalue weighted by molar-refractivity contribution is -0.0614. The van der Waals surface area contributed by atoms with Crippen molar-refractivity contribution in [3.8, 4) is 5.88 Å². The first-order chi connectivity index (χ1) is 11.6. The number of nitrogens with zero attached hydrogens (tertiary/aromatic N) is 3. The summed E-state index contributed by atoms with van der Waals surface area (Å²) in [5.41, 5.74) is 1.02. The minimum atomic E-state index is -0.0924. The molecule has 4 fully saturated rings. The van der Waals surface area contributed by atoms with Gasteiger partial charge in [-0.05, 0) is 54.7 Å². The lowest BCUT2D eigenvalue weighted by Crippen LogP contribution is -2.49. The maximum atomic E-state index is 6.01. The first-order valence-electron chi connectivity index (χ1n) is 8.47. The second-order valence-electron chi connectivity index (χ2n) is 7.44. The molecular formula is C17H20IN3O3. The second kappa shape index (κ2) is 5.28. The molecular weight excluding hydrogens is 421 g/mol. The lowest BCUT2D eigenvalue weighted by atomic mass is 9.61. The summed E-state index contributed by atoms with van der Waals surface area (Å²) in [7, 11) is 1.73. The van der Waals surface area contributed by atoms with Crippen LogP contribution in [-0.2, 0) is 14.9 Å². The van der Waals surface area contributed by atoms with E-state index >= 15 is 0 Å². The van der Waals surface area contributed by atoms with Crippen LogP contribution in [0.1, 0.15) is 37.8 Å². The maximum absolute atomic E-state index is 6.01. The van der Waals surface area contributed by atoms with Crippen molar-refractivity contribution < 1.29 is 14.2 Å². The Hall–Kier alpha value is -0.930. The molecule has 2 saturated carbocycles. The first kappa shape index (κ1) is 15.3.